The van der Waals surface area contributed by atoms with Gasteiger partial charge in [0.1, 0.15) is 0 Å². The lowest BCUT2D eigenvalue weighted by atomic mass is 9.95. The summed E-state index contributed by atoms with van der Waals surface area (Å²) in [6.07, 6.45) is 0. The maximum absolute atomic E-state index is 5.77. The van der Waals surface area contributed by atoms with Gasteiger partial charge in [-0.1, -0.05) is 19.1 Å². The molecule has 0 aliphatic heterocycles. The zero-order valence-electron chi connectivity index (χ0n) is 7.62. The fourth-order valence-electron chi connectivity index (χ4n) is 1.10. The van der Waals surface area contributed by atoms with Crippen LogP contribution in [0.2, 0.25) is 0 Å². The van der Waals surface area contributed by atoms with Crippen molar-refractivity contribution < 1.29 is 0 Å². The summed E-state index contributed by atoms with van der Waals surface area (Å²) >= 11 is 0. The van der Waals surface area contributed by atoms with E-state index < -0.39 is 0 Å². The lowest BCUT2D eigenvalue weighted by Crippen LogP contribution is -2.22. The van der Waals surface area contributed by atoms with Crippen molar-refractivity contribution in [3.8, 4) is 0 Å². The van der Waals surface area contributed by atoms with Crippen LogP contribution >= 0.6 is 0 Å². The summed E-state index contributed by atoms with van der Waals surface area (Å²) in [4.78, 5) is 0. The molecule has 0 spiro atoms. The van der Waals surface area contributed by atoms with E-state index >= 15 is 0 Å². The topological polar surface area (TPSA) is 52.0 Å². The molecule has 0 saturated heterocycles. The number of rotatable bonds is 2. The monoisotopic (exact) mass is 164 g/mol. The first-order chi connectivity index (χ1) is 5.61. The van der Waals surface area contributed by atoms with E-state index in [1.54, 1.807) is 0 Å². The Morgan fingerprint density at radius 3 is 2.00 bits per heavy atom. The largest absolute Gasteiger partial charge is 0.399 e. The van der Waals surface area contributed by atoms with Gasteiger partial charge in [0.2, 0.25) is 0 Å². The number of hydrogen-bond acceptors (Lipinski definition) is 2. The van der Waals surface area contributed by atoms with Crippen molar-refractivity contribution in [2.45, 2.75) is 25.8 Å². The summed E-state index contributed by atoms with van der Waals surface area (Å²) in [5, 5.41) is 0. The van der Waals surface area contributed by atoms with Crippen LogP contribution < -0.4 is 11.5 Å². The van der Waals surface area contributed by atoms with E-state index in [1.165, 1.54) is 5.56 Å². The zero-order chi connectivity index (χ0) is 9.14. The molecule has 4 N–H and O–H groups in total. The van der Waals surface area contributed by atoms with Gasteiger partial charge in [-0.05, 0) is 30.5 Å². The molecule has 1 rings (SSSR count). The van der Waals surface area contributed by atoms with Crippen molar-refractivity contribution in [1.29, 1.82) is 0 Å². The van der Waals surface area contributed by atoms with E-state index in [9.17, 15) is 0 Å². The number of nitrogen functional groups attached to an aromatic ring is 1. The minimum atomic E-state index is 0.189. The van der Waals surface area contributed by atoms with Crippen LogP contribution in [0, 0.1) is 0 Å². The van der Waals surface area contributed by atoms with Crippen LogP contribution in [-0.2, 0) is 0 Å². The Balaban J connectivity index is 2.82. The SMILES string of the molecule is CC(N)C(C)c1ccc(N)cc1. The summed E-state index contributed by atoms with van der Waals surface area (Å²) in [7, 11) is 0. The first-order valence-corrected chi connectivity index (χ1v) is 4.22. The van der Waals surface area contributed by atoms with Crippen LogP contribution in [0.5, 0.6) is 0 Å². The highest BCUT2D eigenvalue weighted by Gasteiger charge is 2.08. The van der Waals surface area contributed by atoms with Crippen molar-refractivity contribution in [1.82, 2.24) is 0 Å². The number of anilines is 1. The molecule has 0 amide bonds. The van der Waals surface area contributed by atoms with Gasteiger partial charge in [0, 0.05) is 11.7 Å². The summed E-state index contributed by atoms with van der Waals surface area (Å²) in [6, 6.07) is 8.07. The molecule has 2 heteroatoms. The van der Waals surface area contributed by atoms with E-state index in [1.807, 2.05) is 31.2 Å². The summed E-state index contributed by atoms with van der Waals surface area (Å²) in [6.45, 7) is 4.14. The third-order valence-corrected chi connectivity index (χ3v) is 2.25. The van der Waals surface area contributed by atoms with Crippen LogP contribution in [0.4, 0.5) is 5.69 Å². The minimum absolute atomic E-state index is 0.189. The number of hydrogen-bond donors (Lipinski definition) is 2. The fourth-order valence-corrected chi connectivity index (χ4v) is 1.10. The van der Waals surface area contributed by atoms with E-state index in [-0.39, 0.29) is 6.04 Å². The molecule has 0 fully saturated rings. The van der Waals surface area contributed by atoms with Gasteiger partial charge in [-0.25, -0.2) is 0 Å². The predicted octanol–water partition coefficient (Wildman–Crippen LogP) is 1.72. The standard InChI is InChI=1S/C10H16N2/c1-7(8(2)11)9-3-5-10(12)6-4-9/h3-8H,11-12H2,1-2H3. The van der Waals surface area contributed by atoms with Gasteiger partial charge in [-0.3, -0.25) is 0 Å². The molecule has 0 aliphatic carbocycles. The van der Waals surface area contributed by atoms with Gasteiger partial charge in [0.05, 0.1) is 0 Å². The average Bonchev–Trinajstić information content (AvgIpc) is 2.04. The highest BCUT2D eigenvalue weighted by Crippen LogP contribution is 2.18. The molecule has 0 aliphatic rings. The first kappa shape index (κ1) is 9.07. The third kappa shape index (κ3) is 1.98. The van der Waals surface area contributed by atoms with Crippen molar-refractivity contribution in [2.75, 3.05) is 5.73 Å². The van der Waals surface area contributed by atoms with Crippen LogP contribution in [0.25, 0.3) is 0 Å². The molecule has 1 aromatic carbocycles. The Hall–Kier alpha value is -1.02. The van der Waals surface area contributed by atoms with E-state index in [4.69, 9.17) is 11.5 Å². The Kier molecular flexibility index (Phi) is 2.71. The Morgan fingerprint density at radius 2 is 1.58 bits per heavy atom. The third-order valence-electron chi connectivity index (χ3n) is 2.25. The second-order valence-corrected chi connectivity index (χ2v) is 3.31. The highest BCUT2D eigenvalue weighted by molar-refractivity contribution is 5.40. The Bertz CT molecular complexity index is 239. The van der Waals surface area contributed by atoms with Crippen molar-refractivity contribution in [3.63, 3.8) is 0 Å². The summed E-state index contributed by atoms with van der Waals surface area (Å²) in [5.74, 6) is 0.394. The summed E-state index contributed by atoms with van der Waals surface area (Å²) in [5.41, 5.74) is 13.4. The van der Waals surface area contributed by atoms with Crippen LogP contribution in [0.1, 0.15) is 25.3 Å². The zero-order valence-corrected chi connectivity index (χ0v) is 7.62. The predicted molar refractivity (Wildman–Crippen MR) is 52.9 cm³/mol. The molecule has 12 heavy (non-hydrogen) atoms. The molecule has 2 atom stereocenters. The molecule has 1 aromatic rings. The normalized spacial score (nSPS) is 15.6. The first-order valence-electron chi connectivity index (χ1n) is 4.22. The second kappa shape index (κ2) is 3.59. The lowest BCUT2D eigenvalue weighted by molar-refractivity contribution is 0.613. The second-order valence-electron chi connectivity index (χ2n) is 3.31. The van der Waals surface area contributed by atoms with Crippen LogP contribution in [0.15, 0.2) is 24.3 Å². The summed E-state index contributed by atoms with van der Waals surface area (Å²) < 4.78 is 0. The minimum Gasteiger partial charge on any atom is -0.399 e. The fraction of sp³-hybridized carbons (Fsp3) is 0.400. The maximum atomic E-state index is 5.77. The van der Waals surface area contributed by atoms with Gasteiger partial charge in [0.25, 0.3) is 0 Å². The van der Waals surface area contributed by atoms with Crippen molar-refractivity contribution in [2.24, 2.45) is 5.73 Å². The van der Waals surface area contributed by atoms with Gasteiger partial charge >= 0.3 is 0 Å². The molecule has 0 radical (unpaired) electrons. The molecule has 0 heterocycles. The number of nitrogens with two attached hydrogens (primary N) is 2. The van der Waals surface area contributed by atoms with Gasteiger partial charge in [-0.15, -0.1) is 0 Å². The van der Waals surface area contributed by atoms with E-state index in [0.717, 1.165) is 5.69 Å². The quantitative estimate of drug-likeness (QED) is 0.654. The van der Waals surface area contributed by atoms with Crippen LogP contribution in [0.3, 0.4) is 0 Å². The van der Waals surface area contributed by atoms with Crippen molar-refractivity contribution in [3.05, 3.63) is 29.8 Å². The molecular weight excluding hydrogens is 148 g/mol. The molecule has 2 unspecified atom stereocenters. The lowest BCUT2D eigenvalue weighted by Gasteiger charge is -2.15. The van der Waals surface area contributed by atoms with Gasteiger partial charge < -0.3 is 11.5 Å². The molecule has 66 valence electrons. The number of benzene rings is 1. The van der Waals surface area contributed by atoms with Crippen LogP contribution in [-0.4, -0.2) is 6.04 Å². The van der Waals surface area contributed by atoms with Gasteiger partial charge in [-0.2, -0.15) is 0 Å². The Labute approximate surface area is 73.6 Å². The van der Waals surface area contributed by atoms with Crippen molar-refractivity contribution >= 4 is 5.69 Å². The molecule has 0 bridgehead atoms. The Morgan fingerprint density at radius 1 is 1.08 bits per heavy atom. The van der Waals surface area contributed by atoms with E-state index in [2.05, 4.69) is 6.92 Å². The van der Waals surface area contributed by atoms with E-state index in [0.29, 0.717) is 5.92 Å². The molecule has 0 aromatic heterocycles. The highest BCUT2D eigenvalue weighted by atomic mass is 14.6. The average molecular weight is 164 g/mol. The molecular formula is C10H16N2. The molecule has 2 nitrogen and oxygen atoms in total. The van der Waals surface area contributed by atoms with Gasteiger partial charge in [0.15, 0.2) is 0 Å². The smallest absolute Gasteiger partial charge is 0.0314 e. The maximum Gasteiger partial charge on any atom is 0.0314 e. The molecule has 0 saturated carbocycles.